The summed E-state index contributed by atoms with van der Waals surface area (Å²) in [6, 6.07) is 0. The van der Waals surface area contributed by atoms with E-state index in [0.29, 0.717) is 0 Å². The average molecular weight is 156 g/mol. The zero-order valence-electron chi connectivity index (χ0n) is 4.81. The van der Waals surface area contributed by atoms with Crippen LogP contribution in [0.4, 0.5) is 13.2 Å². The number of hydroxylamine groups is 1. The van der Waals surface area contributed by atoms with Crippen LogP contribution in [0.15, 0.2) is 0 Å². The van der Waals surface area contributed by atoms with Crippen molar-refractivity contribution in [3.05, 3.63) is 6.61 Å². The summed E-state index contributed by atoms with van der Waals surface area (Å²) in [5, 5.41) is 0. The molecule has 1 aliphatic rings. The maximum absolute atomic E-state index is 11.4. The Kier molecular flexibility index (Phi) is 2.12. The summed E-state index contributed by atoms with van der Waals surface area (Å²) >= 11 is 0. The van der Waals surface area contributed by atoms with Crippen LogP contribution in [0.25, 0.3) is 0 Å². The van der Waals surface area contributed by atoms with Crippen molar-refractivity contribution in [1.29, 1.82) is 0 Å². The predicted molar refractivity (Wildman–Crippen MR) is 24.1 cm³/mol. The second-order valence-corrected chi connectivity index (χ2v) is 1.69. The third-order valence-corrected chi connectivity index (χ3v) is 0.869. The first-order valence-electron chi connectivity index (χ1n) is 2.55. The molecular weight excluding hydrogens is 151 g/mol. The highest BCUT2D eigenvalue weighted by Crippen LogP contribution is 2.21. The van der Waals surface area contributed by atoms with Gasteiger partial charge in [0.15, 0.2) is 0 Å². The number of hydrogen-bond acceptors (Lipinski definition) is 3. The minimum Gasteiger partial charge on any atom is -0.293 e. The maximum atomic E-state index is 11.4. The van der Waals surface area contributed by atoms with Crippen molar-refractivity contribution < 1.29 is 22.7 Å². The molecule has 0 aromatic heterocycles. The topological polar surface area (TPSA) is 30.5 Å². The first-order chi connectivity index (χ1) is 4.58. The fourth-order valence-electron chi connectivity index (χ4n) is 0.541. The SMILES string of the molecule is FC(F)(F)OC1C[CH]ON1. The standard InChI is InChI=1S/C4H5F3NO2/c5-4(6,7)10-3-1-2-9-8-3/h2-3,8H,1H2. The molecule has 1 heterocycles. The van der Waals surface area contributed by atoms with Gasteiger partial charge in [0.25, 0.3) is 0 Å². The molecule has 1 unspecified atom stereocenters. The smallest absolute Gasteiger partial charge is 0.293 e. The minimum atomic E-state index is -4.60. The summed E-state index contributed by atoms with van der Waals surface area (Å²) in [5.74, 6) is 0. The zero-order chi connectivity index (χ0) is 7.61. The summed E-state index contributed by atoms with van der Waals surface area (Å²) in [4.78, 5) is 4.30. The molecule has 0 amide bonds. The van der Waals surface area contributed by atoms with Gasteiger partial charge in [-0.25, -0.2) is 0 Å². The molecule has 1 aliphatic heterocycles. The fraction of sp³-hybridized carbons (Fsp3) is 0.750. The van der Waals surface area contributed by atoms with E-state index < -0.39 is 12.6 Å². The van der Waals surface area contributed by atoms with Crippen LogP contribution in [0.3, 0.4) is 0 Å². The third-order valence-electron chi connectivity index (χ3n) is 0.869. The Labute approximate surface area is 55.1 Å². The van der Waals surface area contributed by atoms with Gasteiger partial charge in [0, 0.05) is 6.42 Å². The highest BCUT2D eigenvalue weighted by molar-refractivity contribution is 4.64. The minimum absolute atomic E-state index is 0.0967. The van der Waals surface area contributed by atoms with Crippen LogP contribution in [0.5, 0.6) is 0 Å². The van der Waals surface area contributed by atoms with Crippen LogP contribution in [0.1, 0.15) is 6.42 Å². The molecule has 1 N–H and O–H groups in total. The lowest BCUT2D eigenvalue weighted by Crippen LogP contribution is -2.30. The number of alkyl halides is 3. The summed E-state index contributed by atoms with van der Waals surface area (Å²) in [5.41, 5.74) is 2.02. The predicted octanol–water partition coefficient (Wildman–Crippen LogP) is 0.936. The summed E-state index contributed by atoms with van der Waals surface area (Å²) in [6.07, 6.45) is -5.60. The molecule has 0 bridgehead atoms. The molecule has 6 heteroatoms. The molecule has 0 saturated carbocycles. The highest BCUT2D eigenvalue weighted by atomic mass is 19.4. The van der Waals surface area contributed by atoms with E-state index in [9.17, 15) is 13.2 Å². The van der Waals surface area contributed by atoms with E-state index in [4.69, 9.17) is 0 Å². The lowest BCUT2D eigenvalue weighted by atomic mass is 10.4. The van der Waals surface area contributed by atoms with E-state index in [-0.39, 0.29) is 6.42 Å². The normalized spacial score (nSPS) is 27.3. The van der Waals surface area contributed by atoms with Gasteiger partial charge in [-0.3, -0.25) is 9.57 Å². The molecule has 1 saturated heterocycles. The van der Waals surface area contributed by atoms with Crippen LogP contribution in [0, 0.1) is 6.61 Å². The van der Waals surface area contributed by atoms with E-state index in [1.165, 1.54) is 6.61 Å². The van der Waals surface area contributed by atoms with E-state index in [1.54, 1.807) is 0 Å². The average Bonchev–Trinajstić information content (AvgIpc) is 2.12. The van der Waals surface area contributed by atoms with Crippen molar-refractivity contribution in [3.63, 3.8) is 0 Å². The Morgan fingerprint density at radius 1 is 1.60 bits per heavy atom. The van der Waals surface area contributed by atoms with Crippen LogP contribution in [0.2, 0.25) is 0 Å². The van der Waals surface area contributed by atoms with Gasteiger partial charge < -0.3 is 0 Å². The second kappa shape index (κ2) is 2.73. The fourth-order valence-corrected chi connectivity index (χ4v) is 0.541. The van der Waals surface area contributed by atoms with Gasteiger partial charge in [-0.05, 0) is 0 Å². The van der Waals surface area contributed by atoms with Gasteiger partial charge in [0.2, 0.25) is 0 Å². The summed E-state index contributed by atoms with van der Waals surface area (Å²) in [6.45, 7) is 1.20. The van der Waals surface area contributed by atoms with Crippen molar-refractivity contribution in [2.45, 2.75) is 19.0 Å². The maximum Gasteiger partial charge on any atom is 0.524 e. The summed E-state index contributed by atoms with van der Waals surface area (Å²) < 4.78 is 37.7. The highest BCUT2D eigenvalue weighted by Gasteiger charge is 2.35. The first-order valence-corrected chi connectivity index (χ1v) is 2.55. The van der Waals surface area contributed by atoms with Crippen LogP contribution in [-0.4, -0.2) is 12.6 Å². The van der Waals surface area contributed by atoms with Gasteiger partial charge in [0.05, 0.1) is 0 Å². The van der Waals surface area contributed by atoms with Gasteiger partial charge in [0.1, 0.15) is 12.8 Å². The van der Waals surface area contributed by atoms with Crippen molar-refractivity contribution >= 4 is 0 Å². The van der Waals surface area contributed by atoms with Crippen molar-refractivity contribution in [2.75, 3.05) is 0 Å². The Morgan fingerprint density at radius 2 is 2.30 bits per heavy atom. The number of hydrogen-bond donors (Lipinski definition) is 1. The molecule has 0 aromatic carbocycles. The number of ether oxygens (including phenoxy) is 1. The molecule has 1 fully saturated rings. The monoisotopic (exact) mass is 156 g/mol. The molecule has 1 rings (SSSR count). The number of rotatable bonds is 1. The van der Waals surface area contributed by atoms with E-state index >= 15 is 0 Å². The molecule has 0 spiro atoms. The summed E-state index contributed by atoms with van der Waals surface area (Å²) in [7, 11) is 0. The van der Waals surface area contributed by atoms with Gasteiger partial charge >= 0.3 is 6.36 Å². The molecule has 3 nitrogen and oxygen atoms in total. The van der Waals surface area contributed by atoms with Gasteiger partial charge in [-0.2, -0.15) is 5.48 Å². The zero-order valence-corrected chi connectivity index (χ0v) is 4.81. The third kappa shape index (κ3) is 2.51. The van der Waals surface area contributed by atoms with Gasteiger partial charge in [-0.15, -0.1) is 13.2 Å². The van der Waals surface area contributed by atoms with E-state index in [1.807, 2.05) is 5.48 Å². The number of nitrogens with one attached hydrogen (secondary N) is 1. The lowest BCUT2D eigenvalue weighted by Gasteiger charge is -2.11. The molecule has 10 heavy (non-hydrogen) atoms. The van der Waals surface area contributed by atoms with Crippen LogP contribution < -0.4 is 5.48 Å². The van der Waals surface area contributed by atoms with Gasteiger partial charge in [-0.1, -0.05) is 0 Å². The quantitative estimate of drug-likeness (QED) is 0.612. The van der Waals surface area contributed by atoms with Crippen molar-refractivity contribution in [2.24, 2.45) is 0 Å². The Hall–Kier alpha value is -0.330. The molecular formula is C4H5F3NO2. The molecule has 0 aromatic rings. The van der Waals surface area contributed by atoms with Crippen molar-refractivity contribution in [1.82, 2.24) is 5.48 Å². The van der Waals surface area contributed by atoms with E-state index in [2.05, 4.69) is 9.57 Å². The first kappa shape index (κ1) is 7.77. The Bertz CT molecular complexity index is 110. The molecule has 1 atom stereocenters. The van der Waals surface area contributed by atoms with Crippen molar-refractivity contribution in [3.8, 4) is 0 Å². The second-order valence-electron chi connectivity index (χ2n) is 1.69. The van der Waals surface area contributed by atoms with Crippen LogP contribution in [-0.2, 0) is 9.57 Å². The Balaban J connectivity index is 2.24. The molecule has 59 valence electrons. The molecule has 0 aliphatic carbocycles. The number of halogens is 3. The molecule has 1 radical (unpaired) electrons. The largest absolute Gasteiger partial charge is 0.524 e. The van der Waals surface area contributed by atoms with Crippen LogP contribution >= 0.6 is 0 Å². The lowest BCUT2D eigenvalue weighted by molar-refractivity contribution is -0.348. The van der Waals surface area contributed by atoms with E-state index in [0.717, 1.165) is 0 Å². The Morgan fingerprint density at radius 3 is 2.70 bits per heavy atom.